The lowest BCUT2D eigenvalue weighted by Crippen LogP contribution is -2.02. The van der Waals surface area contributed by atoms with Gasteiger partial charge in [-0.05, 0) is 22.4 Å². The normalized spacial score (nSPS) is 10.0. The number of aromatic carboxylic acids is 1. The minimum atomic E-state index is -1.11. The molecule has 2 aromatic rings. The Labute approximate surface area is 83.9 Å². The number of rotatable bonds is 2. The molecule has 0 aliphatic carbocycles. The van der Waals surface area contributed by atoms with Crippen LogP contribution < -0.4 is 0 Å². The number of nitrogens with zero attached hydrogens (tertiary/aromatic N) is 2. The Hall–Kier alpha value is -1.75. The average Bonchev–Trinajstić information content (AvgIpc) is 2.71. The molecule has 0 aromatic carbocycles. The van der Waals surface area contributed by atoms with E-state index >= 15 is 0 Å². The average molecular weight is 206 g/mol. The largest absolute Gasteiger partial charge is 0.475 e. The summed E-state index contributed by atoms with van der Waals surface area (Å²) in [6.45, 7) is 0. The summed E-state index contributed by atoms with van der Waals surface area (Å²) >= 11 is 1.57. The van der Waals surface area contributed by atoms with E-state index in [4.69, 9.17) is 5.11 Å². The van der Waals surface area contributed by atoms with E-state index < -0.39 is 5.97 Å². The molecule has 4 nitrogen and oxygen atoms in total. The van der Waals surface area contributed by atoms with Gasteiger partial charge >= 0.3 is 5.97 Å². The number of hydrogen-bond acceptors (Lipinski definition) is 4. The minimum absolute atomic E-state index is 0.177. The minimum Gasteiger partial charge on any atom is -0.475 e. The van der Waals surface area contributed by atoms with Gasteiger partial charge in [-0.1, -0.05) is 0 Å². The second-order valence-electron chi connectivity index (χ2n) is 2.61. The fourth-order valence-electron chi connectivity index (χ4n) is 1.02. The van der Waals surface area contributed by atoms with Gasteiger partial charge in [0.05, 0.1) is 0 Å². The van der Waals surface area contributed by atoms with Crippen LogP contribution in [0.25, 0.3) is 11.1 Å². The molecule has 0 unspecified atom stereocenters. The Morgan fingerprint density at radius 2 is 2.00 bits per heavy atom. The fraction of sp³-hybridized carbons (Fsp3) is 0. The number of carboxylic acid groups (broad SMARTS) is 1. The second kappa shape index (κ2) is 3.55. The summed E-state index contributed by atoms with van der Waals surface area (Å²) in [4.78, 5) is 17.9. The molecule has 0 saturated carbocycles. The first-order valence-corrected chi connectivity index (χ1v) is 4.79. The third-order valence-electron chi connectivity index (χ3n) is 1.70. The Morgan fingerprint density at radius 3 is 2.50 bits per heavy atom. The summed E-state index contributed by atoms with van der Waals surface area (Å²) in [6.07, 6.45) is 3.02. The van der Waals surface area contributed by atoms with Crippen molar-refractivity contribution in [2.75, 3.05) is 0 Å². The summed E-state index contributed by atoms with van der Waals surface area (Å²) in [5, 5.41) is 12.5. The third kappa shape index (κ3) is 1.62. The number of thiophene rings is 1. The maximum Gasteiger partial charge on any atom is 0.373 e. The van der Waals surface area contributed by atoms with E-state index in [0.717, 1.165) is 11.1 Å². The molecule has 0 amide bonds. The molecule has 70 valence electrons. The Kier molecular flexibility index (Phi) is 2.24. The molecular formula is C9H6N2O2S. The zero-order chi connectivity index (χ0) is 9.97. The molecule has 0 saturated heterocycles. The summed E-state index contributed by atoms with van der Waals surface area (Å²) in [7, 11) is 0. The van der Waals surface area contributed by atoms with E-state index in [-0.39, 0.29) is 5.82 Å². The van der Waals surface area contributed by atoms with Crippen LogP contribution in [0.3, 0.4) is 0 Å². The number of carbonyl (C=O) groups is 1. The highest BCUT2D eigenvalue weighted by molar-refractivity contribution is 7.08. The van der Waals surface area contributed by atoms with Crippen LogP contribution in [0.2, 0.25) is 0 Å². The molecule has 0 bridgehead atoms. The molecule has 5 heteroatoms. The zero-order valence-corrected chi connectivity index (χ0v) is 7.86. The van der Waals surface area contributed by atoms with Gasteiger partial charge in [-0.3, -0.25) is 0 Å². The Balaban J connectivity index is 2.36. The molecule has 1 N–H and O–H groups in total. The molecule has 0 aliphatic rings. The van der Waals surface area contributed by atoms with Gasteiger partial charge < -0.3 is 5.11 Å². The van der Waals surface area contributed by atoms with Crippen molar-refractivity contribution >= 4 is 17.3 Å². The maximum atomic E-state index is 10.5. The van der Waals surface area contributed by atoms with Crippen LogP contribution in [0.4, 0.5) is 0 Å². The van der Waals surface area contributed by atoms with Crippen molar-refractivity contribution in [1.29, 1.82) is 0 Å². The van der Waals surface area contributed by atoms with Gasteiger partial charge in [-0.25, -0.2) is 14.8 Å². The predicted molar refractivity (Wildman–Crippen MR) is 52.3 cm³/mol. The number of aromatic nitrogens is 2. The van der Waals surface area contributed by atoms with Gasteiger partial charge in [0.1, 0.15) is 0 Å². The molecule has 0 spiro atoms. The van der Waals surface area contributed by atoms with Crippen molar-refractivity contribution in [2.24, 2.45) is 0 Å². The van der Waals surface area contributed by atoms with Crippen LogP contribution in [0.1, 0.15) is 10.6 Å². The summed E-state index contributed by atoms with van der Waals surface area (Å²) in [5.74, 6) is -1.29. The van der Waals surface area contributed by atoms with E-state index in [9.17, 15) is 4.79 Å². The van der Waals surface area contributed by atoms with Crippen molar-refractivity contribution < 1.29 is 9.90 Å². The maximum absolute atomic E-state index is 10.5. The quantitative estimate of drug-likeness (QED) is 0.815. The van der Waals surface area contributed by atoms with Crippen molar-refractivity contribution in [3.05, 3.63) is 35.0 Å². The topological polar surface area (TPSA) is 63.1 Å². The molecule has 0 fully saturated rings. The number of carboxylic acids is 1. The molecule has 14 heavy (non-hydrogen) atoms. The number of hydrogen-bond donors (Lipinski definition) is 1. The summed E-state index contributed by atoms with van der Waals surface area (Å²) < 4.78 is 0. The van der Waals surface area contributed by atoms with Crippen molar-refractivity contribution in [3.8, 4) is 11.1 Å². The molecule has 0 atom stereocenters. The molecular weight excluding hydrogens is 200 g/mol. The zero-order valence-electron chi connectivity index (χ0n) is 7.04. The van der Waals surface area contributed by atoms with Crippen LogP contribution in [0.15, 0.2) is 29.2 Å². The standard InChI is InChI=1S/C9H6N2O2S/c12-9(13)8-10-3-7(4-11-8)6-1-2-14-5-6/h1-5H,(H,12,13). The highest BCUT2D eigenvalue weighted by atomic mass is 32.1. The van der Waals surface area contributed by atoms with Gasteiger partial charge in [0.15, 0.2) is 0 Å². The highest BCUT2D eigenvalue weighted by Crippen LogP contribution is 2.19. The molecule has 2 heterocycles. The lowest BCUT2D eigenvalue weighted by Gasteiger charge is -1.96. The van der Waals surface area contributed by atoms with Gasteiger partial charge in [0, 0.05) is 18.0 Å². The third-order valence-corrected chi connectivity index (χ3v) is 2.38. The van der Waals surface area contributed by atoms with Gasteiger partial charge in [-0.2, -0.15) is 11.3 Å². The highest BCUT2D eigenvalue weighted by Gasteiger charge is 2.06. The molecule has 2 aromatic heterocycles. The van der Waals surface area contributed by atoms with Crippen LogP contribution >= 0.6 is 11.3 Å². The second-order valence-corrected chi connectivity index (χ2v) is 3.39. The van der Waals surface area contributed by atoms with Crippen molar-refractivity contribution in [2.45, 2.75) is 0 Å². The summed E-state index contributed by atoms with van der Waals surface area (Å²) in [6, 6.07) is 1.93. The van der Waals surface area contributed by atoms with Gasteiger partial charge in [0.2, 0.25) is 5.82 Å². The molecule has 0 radical (unpaired) electrons. The molecule has 2 rings (SSSR count). The van der Waals surface area contributed by atoms with Crippen LogP contribution in [-0.2, 0) is 0 Å². The first kappa shape index (κ1) is 8.83. The van der Waals surface area contributed by atoms with E-state index in [1.54, 1.807) is 11.3 Å². The first-order valence-electron chi connectivity index (χ1n) is 3.85. The fourth-order valence-corrected chi connectivity index (χ4v) is 1.68. The van der Waals surface area contributed by atoms with E-state index in [1.165, 1.54) is 12.4 Å². The van der Waals surface area contributed by atoms with Crippen molar-refractivity contribution in [3.63, 3.8) is 0 Å². The SMILES string of the molecule is O=C(O)c1ncc(-c2ccsc2)cn1. The van der Waals surface area contributed by atoms with Crippen molar-refractivity contribution in [1.82, 2.24) is 9.97 Å². The van der Waals surface area contributed by atoms with E-state index in [0.29, 0.717) is 0 Å². The van der Waals surface area contributed by atoms with E-state index in [2.05, 4.69) is 9.97 Å². The molecule has 0 aliphatic heterocycles. The van der Waals surface area contributed by atoms with Crippen LogP contribution in [-0.4, -0.2) is 21.0 Å². The van der Waals surface area contributed by atoms with Gasteiger partial charge in [0.25, 0.3) is 0 Å². The predicted octanol–water partition coefficient (Wildman–Crippen LogP) is 1.90. The first-order chi connectivity index (χ1) is 6.77. The Morgan fingerprint density at radius 1 is 1.29 bits per heavy atom. The summed E-state index contributed by atoms with van der Waals surface area (Å²) in [5.41, 5.74) is 1.84. The van der Waals surface area contributed by atoms with Gasteiger partial charge in [-0.15, -0.1) is 0 Å². The lowest BCUT2D eigenvalue weighted by molar-refractivity contribution is 0.0683. The monoisotopic (exact) mass is 206 g/mol. The lowest BCUT2D eigenvalue weighted by atomic mass is 10.2. The Bertz CT molecular complexity index is 436. The van der Waals surface area contributed by atoms with Crippen LogP contribution in [0, 0.1) is 0 Å². The smallest absolute Gasteiger partial charge is 0.373 e. The van der Waals surface area contributed by atoms with E-state index in [1.807, 2.05) is 16.8 Å². The van der Waals surface area contributed by atoms with Crippen LogP contribution in [0.5, 0.6) is 0 Å².